The van der Waals surface area contributed by atoms with E-state index < -0.39 is 0 Å². The fraction of sp³-hybridized carbons (Fsp3) is 0.375. The summed E-state index contributed by atoms with van der Waals surface area (Å²) in [6.07, 6.45) is 0. The van der Waals surface area contributed by atoms with E-state index in [0.717, 1.165) is 16.3 Å². The molecule has 1 amide bonds. The quantitative estimate of drug-likeness (QED) is 0.851. The van der Waals surface area contributed by atoms with E-state index in [0.29, 0.717) is 18.0 Å². The van der Waals surface area contributed by atoms with Crippen molar-refractivity contribution in [3.8, 4) is 10.6 Å². The van der Waals surface area contributed by atoms with Crippen molar-refractivity contribution in [2.75, 3.05) is 6.54 Å². The Morgan fingerprint density at radius 2 is 2.14 bits per heavy atom. The maximum atomic E-state index is 12.2. The Morgan fingerprint density at radius 3 is 2.76 bits per heavy atom. The molecular weight excluding hydrogens is 304 g/mol. The molecule has 0 bridgehead atoms. The van der Waals surface area contributed by atoms with E-state index in [1.807, 2.05) is 29.6 Å². The summed E-state index contributed by atoms with van der Waals surface area (Å²) in [6.45, 7) is 6.91. The van der Waals surface area contributed by atoms with Crippen LogP contribution in [0.25, 0.3) is 10.6 Å². The molecular formula is C16H19ClN2OS. The van der Waals surface area contributed by atoms with Gasteiger partial charge in [-0.25, -0.2) is 4.98 Å². The largest absolute Gasteiger partial charge is 0.352 e. The Labute approximate surface area is 134 Å². The summed E-state index contributed by atoms with van der Waals surface area (Å²) in [5.74, 6) is 0.350. The second-order valence-electron chi connectivity index (χ2n) is 6.10. The normalized spacial score (nSPS) is 11.4. The van der Waals surface area contributed by atoms with E-state index in [2.05, 4.69) is 31.1 Å². The van der Waals surface area contributed by atoms with Crippen LogP contribution in [0.5, 0.6) is 0 Å². The topological polar surface area (TPSA) is 42.0 Å². The highest BCUT2D eigenvalue weighted by atomic mass is 35.5. The van der Waals surface area contributed by atoms with Gasteiger partial charge >= 0.3 is 0 Å². The minimum Gasteiger partial charge on any atom is -0.352 e. The van der Waals surface area contributed by atoms with E-state index in [-0.39, 0.29) is 11.3 Å². The zero-order valence-corrected chi connectivity index (χ0v) is 14.0. The second kappa shape index (κ2) is 6.58. The SMILES string of the molecule is CC(C)(C)CNC(=O)c1cccc(-c2nc(CCl)cs2)c1. The van der Waals surface area contributed by atoms with Crippen LogP contribution in [-0.4, -0.2) is 17.4 Å². The Balaban J connectivity index is 2.15. The molecule has 0 saturated carbocycles. The standard InChI is InChI=1S/C16H19ClN2OS/c1-16(2,3)10-18-14(20)11-5-4-6-12(7-11)15-19-13(8-17)9-21-15/h4-7,9H,8,10H2,1-3H3,(H,18,20). The molecule has 0 aliphatic heterocycles. The van der Waals surface area contributed by atoms with Crippen molar-refractivity contribution in [3.63, 3.8) is 0 Å². The number of carbonyl (C=O) groups is 1. The molecule has 1 aromatic heterocycles. The molecule has 5 heteroatoms. The number of alkyl halides is 1. The zero-order chi connectivity index (χ0) is 15.5. The Kier molecular flexibility index (Phi) is 5.01. The van der Waals surface area contributed by atoms with Crippen molar-refractivity contribution in [1.29, 1.82) is 0 Å². The maximum absolute atomic E-state index is 12.2. The Morgan fingerprint density at radius 1 is 1.38 bits per heavy atom. The number of aromatic nitrogens is 1. The fourth-order valence-corrected chi connectivity index (χ4v) is 2.79. The van der Waals surface area contributed by atoms with Gasteiger partial charge in [-0.1, -0.05) is 32.9 Å². The second-order valence-corrected chi connectivity index (χ2v) is 7.23. The first-order valence-corrected chi connectivity index (χ1v) is 8.19. The van der Waals surface area contributed by atoms with Crippen LogP contribution in [0.4, 0.5) is 0 Å². The van der Waals surface area contributed by atoms with Gasteiger partial charge in [0.05, 0.1) is 11.6 Å². The van der Waals surface area contributed by atoms with Crippen molar-refractivity contribution < 1.29 is 4.79 Å². The monoisotopic (exact) mass is 322 g/mol. The Bertz CT molecular complexity index is 631. The van der Waals surface area contributed by atoms with Gasteiger partial charge in [-0.05, 0) is 17.5 Å². The molecule has 2 rings (SSSR count). The fourth-order valence-electron chi connectivity index (χ4n) is 1.74. The summed E-state index contributed by atoms with van der Waals surface area (Å²) >= 11 is 7.31. The van der Waals surface area contributed by atoms with Gasteiger partial charge in [0.25, 0.3) is 5.91 Å². The molecule has 0 aliphatic carbocycles. The molecule has 21 heavy (non-hydrogen) atoms. The molecule has 0 aliphatic rings. The van der Waals surface area contributed by atoms with Gasteiger partial charge in [-0.15, -0.1) is 22.9 Å². The molecule has 0 unspecified atom stereocenters. The summed E-state index contributed by atoms with van der Waals surface area (Å²) in [4.78, 5) is 16.6. The molecule has 1 heterocycles. The predicted molar refractivity (Wildman–Crippen MR) is 88.9 cm³/mol. The van der Waals surface area contributed by atoms with Crippen molar-refractivity contribution in [2.24, 2.45) is 5.41 Å². The van der Waals surface area contributed by atoms with Crippen LogP contribution in [0.1, 0.15) is 36.8 Å². The van der Waals surface area contributed by atoms with E-state index in [1.165, 1.54) is 11.3 Å². The third kappa shape index (κ3) is 4.55. The smallest absolute Gasteiger partial charge is 0.251 e. The number of thiazole rings is 1. The van der Waals surface area contributed by atoms with Crippen molar-refractivity contribution in [3.05, 3.63) is 40.9 Å². The van der Waals surface area contributed by atoms with Gasteiger partial charge in [0.1, 0.15) is 5.01 Å². The Hall–Kier alpha value is -1.39. The molecule has 0 radical (unpaired) electrons. The summed E-state index contributed by atoms with van der Waals surface area (Å²) in [6, 6.07) is 7.52. The molecule has 1 aromatic carbocycles. The average molecular weight is 323 g/mol. The minimum absolute atomic E-state index is 0.0547. The van der Waals surface area contributed by atoms with Crippen molar-refractivity contribution >= 4 is 28.8 Å². The number of benzene rings is 1. The maximum Gasteiger partial charge on any atom is 0.251 e. The molecule has 0 saturated heterocycles. The molecule has 2 aromatic rings. The van der Waals surface area contributed by atoms with E-state index in [4.69, 9.17) is 11.6 Å². The number of amides is 1. The van der Waals surface area contributed by atoms with Gasteiger partial charge in [0, 0.05) is 23.1 Å². The predicted octanol–water partition coefficient (Wildman–Crippen LogP) is 4.32. The van der Waals surface area contributed by atoms with Crippen molar-refractivity contribution in [2.45, 2.75) is 26.7 Å². The van der Waals surface area contributed by atoms with Gasteiger partial charge < -0.3 is 5.32 Å². The molecule has 112 valence electrons. The number of hydrogen-bond donors (Lipinski definition) is 1. The first-order chi connectivity index (χ1) is 9.89. The number of hydrogen-bond acceptors (Lipinski definition) is 3. The van der Waals surface area contributed by atoms with Crippen LogP contribution in [-0.2, 0) is 5.88 Å². The number of rotatable bonds is 4. The summed E-state index contributed by atoms with van der Waals surface area (Å²) in [5.41, 5.74) is 2.52. The average Bonchev–Trinajstić information content (AvgIpc) is 2.93. The van der Waals surface area contributed by atoms with Gasteiger partial charge in [-0.3, -0.25) is 4.79 Å². The van der Waals surface area contributed by atoms with Crippen LogP contribution in [0.3, 0.4) is 0 Å². The summed E-state index contributed by atoms with van der Waals surface area (Å²) in [5, 5.41) is 5.78. The van der Waals surface area contributed by atoms with E-state index in [1.54, 1.807) is 0 Å². The first kappa shape index (κ1) is 16.0. The molecule has 0 spiro atoms. The van der Waals surface area contributed by atoms with Crippen LogP contribution >= 0.6 is 22.9 Å². The van der Waals surface area contributed by atoms with E-state index in [9.17, 15) is 4.79 Å². The molecule has 0 fully saturated rings. The lowest BCUT2D eigenvalue weighted by Gasteiger charge is -2.18. The van der Waals surface area contributed by atoms with Gasteiger partial charge in [0.15, 0.2) is 0 Å². The van der Waals surface area contributed by atoms with Crippen LogP contribution in [0.2, 0.25) is 0 Å². The third-order valence-electron chi connectivity index (χ3n) is 2.84. The summed E-state index contributed by atoms with van der Waals surface area (Å²) in [7, 11) is 0. The van der Waals surface area contributed by atoms with Crippen LogP contribution in [0, 0.1) is 5.41 Å². The lowest BCUT2D eigenvalue weighted by molar-refractivity contribution is 0.0939. The van der Waals surface area contributed by atoms with Gasteiger partial charge in [-0.2, -0.15) is 0 Å². The lowest BCUT2D eigenvalue weighted by Crippen LogP contribution is -2.32. The number of halogens is 1. The van der Waals surface area contributed by atoms with E-state index >= 15 is 0 Å². The highest BCUT2D eigenvalue weighted by molar-refractivity contribution is 7.13. The molecule has 0 atom stereocenters. The lowest BCUT2D eigenvalue weighted by atomic mass is 9.97. The van der Waals surface area contributed by atoms with Gasteiger partial charge in [0.2, 0.25) is 0 Å². The number of carbonyl (C=O) groups excluding carboxylic acids is 1. The minimum atomic E-state index is -0.0547. The van der Waals surface area contributed by atoms with Crippen LogP contribution in [0.15, 0.2) is 29.6 Å². The third-order valence-corrected chi connectivity index (χ3v) is 4.05. The highest BCUT2D eigenvalue weighted by Gasteiger charge is 2.14. The zero-order valence-electron chi connectivity index (χ0n) is 12.4. The number of nitrogens with zero attached hydrogens (tertiary/aromatic N) is 1. The highest BCUT2D eigenvalue weighted by Crippen LogP contribution is 2.25. The molecule has 1 N–H and O–H groups in total. The van der Waals surface area contributed by atoms with Crippen molar-refractivity contribution in [1.82, 2.24) is 10.3 Å². The summed E-state index contributed by atoms with van der Waals surface area (Å²) < 4.78 is 0. The molecule has 3 nitrogen and oxygen atoms in total. The van der Waals surface area contributed by atoms with Crippen LogP contribution < -0.4 is 5.32 Å². The first-order valence-electron chi connectivity index (χ1n) is 6.78. The number of nitrogens with one attached hydrogen (secondary N) is 1.